The van der Waals surface area contributed by atoms with Crippen LogP contribution in [0.15, 0.2) is 60.7 Å². The number of hydrogen-bond acceptors (Lipinski definition) is 2. The maximum Gasteiger partial charge on any atom is 0.261 e. The van der Waals surface area contributed by atoms with E-state index in [9.17, 15) is 4.79 Å². The molecule has 0 bridgehead atoms. The first-order valence-electron chi connectivity index (χ1n) is 7.62. The third-order valence-corrected chi connectivity index (χ3v) is 8.89. The number of benzene rings is 2. The molecule has 3 heteroatoms. The minimum atomic E-state index is -2.53. The zero-order chi connectivity index (χ0) is 16.2. The largest absolute Gasteiger partial charge is 0.400 e. The summed E-state index contributed by atoms with van der Waals surface area (Å²) in [6, 6.07) is 20.7. The monoisotopic (exact) mass is 312 g/mol. The second-order valence-electron chi connectivity index (χ2n) is 6.65. The highest BCUT2D eigenvalue weighted by Gasteiger charge is 2.50. The van der Waals surface area contributed by atoms with Gasteiger partial charge in [-0.05, 0) is 22.3 Å². The van der Waals surface area contributed by atoms with Gasteiger partial charge in [0.15, 0.2) is 5.78 Å². The smallest absolute Gasteiger partial charge is 0.261 e. The molecule has 0 radical (unpaired) electrons. The molecular weight excluding hydrogens is 288 g/mol. The molecule has 0 heterocycles. The lowest BCUT2D eigenvalue weighted by Crippen LogP contribution is -2.66. The van der Waals surface area contributed by atoms with Gasteiger partial charge >= 0.3 is 0 Å². The van der Waals surface area contributed by atoms with Crippen molar-refractivity contribution in [2.75, 3.05) is 6.61 Å². The van der Waals surface area contributed by atoms with E-state index >= 15 is 0 Å². The minimum absolute atomic E-state index is 0.0630. The Morgan fingerprint density at radius 2 is 1.32 bits per heavy atom. The van der Waals surface area contributed by atoms with Gasteiger partial charge in [-0.1, -0.05) is 81.4 Å². The van der Waals surface area contributed by atoms with Crippen LogP contribution in [0.5, 0.6) is 0 Å². The van der Waals surface area contributed by atoms with Crippen molar-refractivity contribution < 1.29 is 9.22 Å². The molecule has 2 nitrogen and oxygen atoms in total. The van der Waals surface area contributed by atoms with E-state index < -0.39 is 8.32 Å². The third kappa shape index (κ3) is 3.21. The van der Waals surface area contributed by atoms with E-state index in [-0.39, 0.29) is 17.4 Å². The van der Waals surface area contributed by atoms with Crippen LogP contribution in [-0.4, -0.2) is 20.7 Å². The Morgan fingerprint density at radius 3 is 1.64 bits per heavy atom. The SMILES string of the molecule is CC(=O)CO[Si](c1ccccc1)(c1ccccc1)C(C)(C)C. The van der Waals surface area contributed by atoms with Gasteiger partial charge in [0.05, 0.1) is 6.61 Å². The van der Waals surface area contributed by atoms with Crippen LogP contribution < -0.4 is 10.4 Å². The molecule has 0 spiro atoms. The molecule has 0 saturated heterocycles. The zero-order valence-electron chi connectivity index (χ0n) is 13.8. The predicted octanol–water partition coefficient (Wildman–Crippen LogP) is 3.15. The van der Waals surface area contributed by atoms with Crippen molar-refractivity contribution in [3.05, 3.63) is 60.7 Å². The van der Waals surface area contributed by atoms with Crippen LogP contribution in [0.1, 0.15) is 27.7 Å². The molecule has 0 aromatic heterocycles. The molecule has 0 amide bonds. The number of carbonyl (C=O) groups is 1. The average Bonchev–Trinajstić information content (AvgIpc) is 2.48. The quantitative estimate of drug-likeness (QED) is 0.793. The summed E-state index contributed by atoms with van der Waals surface area (Å²) >= 11 is 0. The fourth-order valence-corrected chi connectivity index (χ4v) is 7.55. The summed E-state index contributed by atoms with van der Waals surface area (Å²) in [6.07, 6.45) is 0. The summed E-state index contributed by atoms with van der Waals surface area (Å²) in [7, 11) is -2.53. The Morgan fingerprint density at radius 1 is 0.909 bits per heavy atom. The van der Waals surface area contributed by atoms with Gasteiger partial charge in [0.25, 0.3) is 8.32 Å². The van der Waals surface area contributed by atoms with Crippen molar-refractivity contribution >= 4 is 24.5 Å². The molecule has 0 saturated carbocycles. The second kappa shape index (κ2) is 6.59. The summed E-state index contributed by atoms with van der Waals surface area (Å²) in [5.74, 6) is 0.0630. The van der Waals surface area contributed by atoms with Crippen LogP contribution in [0.2, 0.25) is 5.04 Å². The van der Waals surface area contributed by atoms with Gasteiger partial charge in [-0.3, -0.25) is 4.79 Å². The Bertz CT molecular complexity index is 575. The average molecular weight is 312 g/mol. The summed E-state index contributed by atoms with van der Waals surface area (Å²) in [5, 5.41) is 2.33. The highest BCUT2D eigenvalue weighted by molar-refractivity contribution is 6.99. The highest BCUT2D eigenvalue weighted by Crippen LogP contribution is 2.36. The normalized spacial score (nSPS) is 12.2. The highest BCUT2D eigenvalue weighted by atomic mass is 28.4. The maximum atomic E-state index is 11.6. The van der Waals surface area contributed by atoms with E-state index in [1.54, 1.807) is 6.92 Å². The zero-order valence-corrected chi connectivity index (χ0v) is 14.8. The van der Waals surface area contributed by atoms with Crippen LogP contribution in [0.3, 0.4) is 0 Å². The van der Waals surface area contributed by atoms with Crippen LogP contribution in [0.25, 0.3) is 0 Å². The van der Waals surface area contributed by atoms with Crippen molar-refractivity contribution in [2.45, 2.75) is 32.7 Å². The molecule has 0 fully saturated rings. The van der Waals surface area contributed by atoms with Gasteiger partial charge in [-0.2, -0.15) is 0 Å². The molecule has 0 aliphatic rings. The number of ketones is 1. The van der Waals surface area contributed by atoms with E-state index in [4.69, 9.17) is 4.43 Å². The lowest BCUT2D eigenvalue weighted by atomic mass is 10.2. The number of Topliss-reactive ketones (excluding diaryl/α,β-unsaturated/α-hetero) is 1. The molecule has 22 heavy (non-hydrogen) atoms. The molecule has 2 aromatic rings. The summed E-state index contributed by atoms with van der Waals surface area (Å²) in [5.41, 5.74) is 0. The molecule has 0 unspecified atom stereocenters. The lowest BCUT2D eigenvalue weighted by molar-refractivity contribution is -0.119. The van der Waals surface area contributed by atoms with Gasteiger partial charge in [-0.25, -0.2) is 0 Å². The third-order valence-electron chi connectivity index (χ3n) is 3.91. The Kier molecular flexibility index (Phi) is 4.99. The van der Waals surface area contributed by atoms with E-state index in [1.807, 2.05) is 36.4 Å². The summed E-state index contributed by atoms with van der Waals surface area (Å²) in [6.45, 7) is 8.36. The molecule has 2 rings (SSSR count). The van der Waals surface area contributed by atoms with Crippen LogP contribution in [0.4, 0.5) is 0 Å². The van der Waals surface area contributed by atoms with Crippen molar-refractivity contribution in [1.82, 2.24) is 0 Å². The lowest BCUT2D eigenvalue weighted by Gasteiger charge is -2.42. The van der Waals surface area contributed by atoms with Crippen molar-refractivity contribution in [2.24, 2.45) is 0 Å². The number of carbonyl (C=O) groups excluding carboxylic acids is 1. The fraction of sp³-hybridized carbons (Fsp3) is 0.316. The van der Waals surface area contributed by atoms with Gasteiger partial charge in [-0.15, -0.1) is 0 Å². The van der Waals surface area contributed by atoms with Crippen LogP contribution in [-0.2, 0) is 9.22 Å². The van der Waals surface area contributed by atoms with E-state index in [0.29, 0.717) is 0 Å². The number of rotatable bonds is 5. The summed E-state index contributed by atoms with van der Waals surface area (Å²) < 4.78 is 6.42. The standard InChI is InChI=1S/C19H24O2Si/c1-16(20)15-21-22(19(2,3)4,17-11-7-5-8-12-17)18-13-9-6-10-14-18/h5-14H,15H2,1-4H3. The van der Waals surface area contributed by atoms with Gasteiger partial charge in [0.2, 0.25) is 0 Å². The molecule has 0 N–H and O–H groups in total. The maximum absolute atomic E-state index is 11.6. The Balaban J connectivity index is 2.67. The molecule has 0 atom stereocenters. The fourth-order valence-electron chi connectivity index (χ4n) is 2.97. The Labute approximate surface area is 134 Å². The molecule has 116 valence electrons. The van der Waals surface area contributed by atoms with Crippen LogP contribution >= 0.6 is 0 Å². The van der Waals surface area contributed by atoms with Crippen LogP contribution in [0, 0.1) is 0 Å². The van der Waals surface area contributed by atoms with E-state index in [2.05, 4.69) is 45.0 Å². The van der Waals surface area contributed by atoms with E-state index in [0.717, 1.165) is 0 Å². The van der Waals surface area contributed by atoms with Crippen molar-refractivity contribution in [3.63, 3.8) is 0 Å². The topological polar surface area (TPSA) is 26.3 Å². The molecular formula is C19H24O2Si. The first-order valence-corrected chi connectivity index (χ1v) is 9.53. The molecule has 2 aromatic carbocycles. The molecule has 0 aliphatic carbocycles. The predicted molar refractivity (Wildman–Crippen MR) is 94.3 cm³/mol. The second-order valence-corrected chi connectivity index (χ2v) is 11.0. The van der Waals surface area contributed by atoms with Crippen molar-refractivity contribution in [3.8, 4) is 0 Å². The first-order chi connectivity index (χ1) is 10.4. The molecule has 0 aliphatic heterocycles. The van der Waals surface area contributed by atoms with Crippen molar-refractivity contribution in [1.29, 1.82) is 0 Å². The van der Waals surface area contributed by atoms with Gasteiger partial charge in [0.1, 0.15) is 0 Å². The minimum Gasteiger partial charge on any atom is -0.400 e. The summed E-state index contributed by atoms with van der Waals surface area (Å²) in [4.78, 5) is 11.6. The number of hydrogen-bond donors (Lipinski definition) is 0. The van der Waals surface area contributed by atoms with Gasteiger partial charge < -0.3 is 4.43 Å². The Hall–Kier alpha value is -1.71. The van der Waals surface area contributed by atoms with E-state index in [1.165, 1.54) is 10.4 Å². The first kappa shape index (κ1) is 16.7. The van der Waals surface area contributed by atoms with Gasteiger partial charge in [0, 0.05) is 0 Å².